The molecule has 0 aliphatic heterocycles. The number of nitrogens with two attached hydrogens (primary N) is 1. The van der Waals surface area contributed by atoms with Crippen LogP contribution in [0, 0.1) is 0 Å². The lowest BCUT2D eigenvalue weighted by Crippen LogP contribution is -2.23. The molecule has 0 saturated carbocycles. The standard InChI is InChI=1S/C20H19N5OS3/c1-13(18(21)26)28-19-24-23-17(25(19)11-14-7-3-2-4-8-14)12-27-20-22-15-9-5-6-10-16(15)29-20/h2-10,13H,11-12H2,1H3,(H2,21,26). The number of carbonyl (C=O) groups excluding carboxylic acids is 1. The maximum absolute atomic E-state index is 11.5. The van der Waals surface area contributed by atoms with Crippen molar-refractivity contribution in [2.75, 3.05) is 0 Å². The van der Waals surface area contributed by atoms with Gasteiger partial charge >= 0.3 is 0 Å². The number of carbonyl (C=O) groups is 1. The lowest BCUT2D eigenvalue weighted by Gasteiger charge is -2.11. The number of thioether (sulfide) groups is 2. The van der Waals surface area contributed by atoms with Crippen LogP contribution in [0.3, 0.4) is 0 Å². The fourth-order valence-electron chi connectivity index (χ4n) is 2.69. The Morgan fingerprint density at radius 3 is 2.66 bits per heavy atom. The first-order valence-corrected chi connectivity index (χ1v) is 11.7. The first kappa shape index (κ1) is 19.9. The topological polar surface area (TPSA) is 86.7 Å². The summed E-state index contributed by atoms with van der Waals surface area (Å²) in [5.41, 5.74) is 7.59. The Kier molecular flexibility index (Phi) is 6.17. The highest BCUT2D eigenvalue weighted by molar-refractivity contribution is 8.00. The second-order valence-corrected chi connectivity index (χ2v) is 9.93. The summed E-state index contributed by atoms with van der Waals surface area (Å²) in [7, 11) is 0. The van der Waals surface area contributed by atoms with Crippen LogP contribution in [0.4, 0.5) is 0 Å². The zero-order valence-electron chi connectivity index (χ0n) is 15.7. The van der Waals surface area contributed by atoms with Crippen LogP contribution in [0.2, 0.25) is 0 Å². The predicted molar refractivity (Wildman–Crippen MR) is 119 cm³/mol. The van der Waals surface area contributed by atoms with Crippen molar-refractivity contribution in [2.45, 2.75) is 34.0 Å². The molecule has 6 nitrogen and oxygen atoms in total. The van der Waals surface area contributed by atoms with Crippen molar-refractivity contribution in [3.05, 3.63) is 66.0 Å². The lowest BCUT2D eigenvalue weighted by molar-refractivity contribution is -0.117. The van der Waals surface area contributed by atoms with Gasteiger partial charge in [0, 0.05) is 0 Å². The van der Waals surface area contributed by atoms with Crippen LogP contribution < -0.4 is 5.73 Å². The van der Waals surface area contributed by atoms with Gasteiger partial charge in [0.2, 0.25) is 5.91 Å². The number of hydrogen-bond donors (Lipinski definition) is 1. The summed E-state index contributed by atoms with van der Waals surface area (Å²) in [6.07, 6.45) is 0. The molecule has 0 aliphatic rings. The van der Waals surface area contributed by atoms with Crippen molar-refractivity contribution >= 4 is 51.0 Å². The lowest BCUT2D eigenvalue weighted by atomic mass is 10.2. The molecule has 9 heteroatoms. The van der Waals surface area contributed by atoms with Crippen LogP contribution in [0.1, 0.15) is 18.3 Å². The molecule has 4 aromatic rings. The molecule has 0 aliphatic carbocycles. The molecule has 2 N–H and O–H groups in total. The number of nitrogens with zero attached hydrogens (tertiary/aromatic N) is 4. The van der Waals surface area contributed by atoms with Crippen molar-refractivity contribution < 1.29 is 4.79 Å². The summed E-state index contributed by atoms with van der Waals surface area (Å²) < 4.78 is 4.23. The highest BCUT2D eigenvalue weighted by Crippen LogP contribution is 2.32. The number of hydrogen-bond acceptors (Lipinski definition) is 7. The maximum Gasteiger partial charge on any atom is 0.230 e. The molecule has 1 amide bonds. The molecule has 2 aromatic carbocycles. The molecule has 4 rings (SSSR count). The molecule has 0 radical (unpaired) electrons. The Hall–Kier alpha value is -2.36. The van der Waals surface area contributed by atoms with Crippen LogP contribution in [0.5, 0.6) is 0 Å². The Balaban J connectivity index is 1.57. The van der Waals surface area contributed by atoms with Crippen LogP contribution in [-0.2, 0) is 17.1 Å². The van der Waals surface area contributed by atoms with Gasteiger partial charge in [-0.3, -0.25) is 4.79 Å². The van der Waals surface area contributed by atoms with Gasteiger partial charge in [-0.05, 0) is 24.6 Å². The molecule has 2 aromatic heterocycles. The third-order valence-corrected chi connectivity index (χ3v) is 7.53. The predicted octanol–water partition coefficient (Wildman–Crippen LogP) is 4.19. The van der Waals surface area contributed by atoms with E-state index in [-0.39, 0.29) is 11.2 Å². The van der Waals surface area contributed by atoms with E-state index >= 15 is 0 Å². The van der Waals surface area contributed by atoms with Crippen LogP contribution in [0.25, 0.3) is 10.2 Å². The number of amides is 1. The zero-order chi connectivity index (χ0) is 20.2. The molecule has 1 unspecified atom stereocenters. The monoisotopic (exact) mass is 441 g/mol. The first-order chi connectivity index (χ1) is 14.1. The smallest absolute Gasteiger partial charge is 0.230 e. The summed E-state index contributed by atoms with van der Waals surface area (Å²) in [6.45, 7) is 2.42. The van der Waals surface area contributed by atoms with E-state index in [2.05, 4.69) is 37.9 Å². The Labute approximate surface area is 180 Å². The number of aromatic nitrogens is 4. The Morgan fingerprint density at radius 2 is 1.90 bits per heavy atom. The van der Waals surface area contributed by atoms with Crippen molar-refractivity contribution in [3.8, 4) is 0 Å². The van der Waals surface area contributed by atoms with E-state index in [1.165, 1.54) is 16.5 Å². The van der Waals surface area contributed by atoms with E-state index in [0.29, 0.717) is 17.5 Å². The van der Waals surface area contributed by atoms with Crippen LogP contribution in [0.15, 0.2) is 64.1 Å². The van der Waals surface area contributed by atoms with E-state index in [4.69, 9.17) is 5.73 Å². The van der Waals surface area contributed by atoms with E-state index in [1.54, 1.807) is 30.0 Å². The first-order valence-electron chi connectivity index (χ1n) is 9.00. The molecule has 1 atom stereocenters. The van der Waals surface area contributed by atoms with Gasteiger partial charge < -0.3 is 10.3 Å². The second kappa shape index (κ2) is 8.98. The fraction of sp³-hybridized carbons (Fsp3) is 0.200. The molecular weight excluding hydrogens is 422 g/mol. The van der Waals surface area contributed by atoms with Gasteiger partial charge in [0.25, 0.3) is 0 Å². The third-order valence-electron chi connectivity index (χ3n) is 4.26. The minimum absolute atomic E-state index is 0.366. The average molecular weight is 442 g/mol. The molecule has 0 spiro atoms. The number of thiazole rings is 1. The van der Waals surface area contributed by atoms with Crippen LogP contribution >= 0.6 is 34.9 Å². The summed E-state index contributed by atoms with van der Waals surface area (Å²) in [5, 5.41) is 9.04. The Bertz CT molecular complexity index is 1090. The van der Waals surface area contributed by atoms with E-state index < -0.39 is 0 Å². The highest BCUT2D eigenvalue weighted by Gasteiger charge is 2.19. The van der Waals surface area contributed by atoms with Crippen molar-refractivity contribution in [2.24, 2.45) is 5.73 Å². The molecule has 148 valence electrons. The highest BCUT2D eigenvalue weighted by atomic mass is 32.2. The summed E-state index contributed by atoms with van der Waals surface area (Å²) >= 11 is 4.66. The molecule has 0 bridgehead atoms. The molecule has 0 fully saturated rings. The number of para-hydroxylation sites is 1. The van der Waals surface area contributed by atoms with Crippen molar-refractivity contribution in [3.63, 3.8) is 0 Å². The number of rotatable bonds is 8. The quantitative estimate of drug-likeness (QED) is 0.413. The SMILES string of the molecule is CC(Sc1nnc(CSc2nc3ccccc3s2)n1Cc1ccccc1)C(N)=O. The van der Waals surface area contributed by atoms with E-state index in [0.717, 1.165) is 21.2 Å². The number of fused-ring (bicyclic) bond motifs is 1. The van der Waals surface area contributed by atoms with Gasteiger partial charge in [0.1, 0.15) is 5.82 Å². The van der Waals surface area contributed by atoms with E-state index in [9.17, 15) is 4.79 Å². The van der Waals surface area contributed by atoms with Gasteiger partial charge in [-0.15, -0.1) is 21.5 Å². The van der Waals surface area contributed by atoms with Gasteiger partial charge in [-0.25, -0.2) is 4.98 Å². The normalized spacial score (nSPS) is 12.3. The maximum atomic E-state index is 11.5. The van der Waals surface area contributed by atoms with Gasteiger partial charge in [-0.2, -0.15) is 0 Å². The number of primary amides is 1. The minimum Gasteiger partial charge on any atom is -0.369 e. The second-order valence-electron chi connectivity index (χ2n) is 6.37. The fourth-order valence-corrected chi connectivity index (χ4v) is 5.52. The molecule has 0 saturated heterocycles. The average Bonchev–Trinajstić information content (AvgIpc) is 3.31. The summed E-state index contributed by atoms with van der Waals surface area (Å²) in [4.78, 5) is 16.2. The van der Waals surface area contributed by atoms with Crippen molar-refractivity contribution in [1.29, 1.82) is 0 Å². The van der Waals surface area contributed by atoms with Crippen molar-refractivity contribution in [1.82, 2.24) is 19.7 Å². The minimum atomic E-state index is -0.376. The third kappa shape index (κ3) is 4.80. The summed E-state index contributed by atoms with van der Waals surface area (Å²) in [5.74, 6) is 1.12. The summed E-state index contributed by atoms with van der Waals surface area (Å²) in [6, 6.07) is 18.3. The number of benzene rings is 2. The largest absolute Gasteiger partial charge is 0.369 e. The van der Waals surface area contributed by atoms with Gasteiger partial charge in [0.05, 0.1) is 27.8 Å². The van der Waals surface area contributed by atoms with Crippen LogP contribution in [-0.4, -0.2) is 30.9 Å². The molecule has 2 heterocycles. The zero-order valence-corrected chi connectivity index (χ0v) is 18.1. The van der Waals surface area contributed by atoms with Gasteiger partial charge in [-0.1, -0.05) is 66.0 Å². The van der Waals surface area contributed by atoms with E-state index in [1.807, 2.05) is 36.4 Å². The molecule has 29 heavy (non-hydrogen) atoms. The Morgan fingerprint density at radius 1 is 1.14 bits per heavy atom. The van der Waals surface area contributed by atoms with Gasteiger partial charge in [0.15, 0.2) is 9.50 Å². The molecular formula is C20H19N5OS3.